The van der Waals surface area contributed by atoms with Crippen LogP contribution in [0.3, 0.4) is 0 Å². The molecule has 23 heavy (non-hydrogen) atoms. The summed E-state index contributed by atoms with van der Waals surface area (Å²) in [6.07, 6.45) is 6.85. The molecule has 0 unspecified atom stereocenters. The maximum Gasteiger partial charge on any atom is 0.294 e. The van der Waals surface area contributed by atoms with Gasteiger partial charge >= 0.3 is 0 Å². The van der Waals surface area contributed by atoms with Crippen molar-refractivity contribution in [3.8, 4) is 17.2 Å². The zero-order valence-electron chi connectivity index (χ0n) is 13.9. The number of aromatic amines is 1. The van der Waals surface area contributed by atoms with Crippen LogP contribution in [0.25, 0.3) is 10.9 Å². The summed E-state index contributed by atoms with van der Waals surface area (Å²) in [5.41, 5.74) is 0.105. The van der Waals surface area contributed by atoms with E-state index in [4.69, 9.17) is 9.47 Å². The van der Waals surface area contributed by atoms with Crippen molar-refractivity contribution in [3.05, 3.63) is 28.6 Å². The predicted octanol–water partition coefficient (Wildman–Crippen LogP) is 3.98. The molecular formula is C18H25NO4. The largest absolute Gasteiger partial charge is 0.504 e. The van der Waals surface area contributed by atoms with Crippen molar-refractivity contribution in [2.75, 3.05) is 13.7 Å². The van der Waals surface area contributed by atoms with Gasteiger partial charge in [0.15, 0.2) is 5.75 Å². The van der Waals surface area contributed by atoms with E-state index in [1.807, 2.05) is 0 Å². The summed E-state index contributed by atoms with van der Waals surface area (Å²) in [7, 11) is 1.55. The summed E-state index contributed by atoms with van der Waals surface area (Å²) in [6, 6.07) is 5.11. The summed E-state index contributed by atoms with van der Waals surface area (Å²) in [5, 5.41) is 10.8. The number of hydrogen-bond donors (Lipinski definition) is 2. The predicted molar refractivity (Wildman–Crippen MR) is 91.7 cm³/mol. The van der Waals surface area contributed by atoms with E-state index >= 15 is 0 Å². The van der Waals surface area contributed by atoms with E-state index in [-0.39, 0.29) is 11.5 Å². The molecule has 5 heteroatoms. The number of ether oxygens (including phenoxy) is 2. The molecule has 0 atom stereocenters. The molecule has 0 saturated carbocycles. The fourth-order valence-corrected chi connectivity index (χ4v) is 2.56. The number of fused-ring (bicyclic) bond motifs is 1. The minimum atomic E-state index is -0.422. The number of benzene rings is 1. The topological polar surface area (TPSA) is 71.5 Å². The second-order valence-electron chi connectivity index (χ2n) is 5.66. The Morgan fingerprint density at radius 3 is 2.61 bits per heavy atom. The highest BCUT2D eigenvalue weighted by Crippen LogP contribution is 2.31. The van der Waals surface area contributed by atoms with E-state index < -0.39 is 5.56 Å². The van der Waals surface area contributed by atoms with Crippen LogP contribution in [-0.4, -0.2) is 23.8 Å². The van der Waals surface area contributed by atoms with Gasteiger partial charge in [-0.2, -0.15) is 0 Å². The lowest BCUT2D eigenvalue weighted by Gasteiger charge is -2.10. The van der Waals surface area contributed by atoms with Crippen LogP contribution >= 0.6 is 0 Å². The number of methoxy groups -OCH3 is 1. The standard InChI is InChI=1S/C18H25NO4/c1-3-4-5-6-7-8-11-23-17-16(20)14-10-9-13(22-2)12-15(14)19-18(17)21/h9-10,12H,3-8,11H2,1-2H3,(H2,19,20,21). The summed E-state index contributed by atoms with van der Waals surface area (Å²) in [6.45, 7) is 2.62. The van der Waals surface area contributed by atoms with Crippen LogP contribution in [0.4, 0.5) is 0 Å². The zero-order valence-corrected chi connectivity index (χ0v) is 13.9. The third-order valence-corrected chi connectivity index (χ3v) is 3.90. The van der Waals surface area contributed by atoms with Crippen LogP contribution in [0.2, 0.25) is 0 Å². The molecule has 0 aliphatic carbocycles. The normalized spacial score (nSPS) is 10.9. The van der Waals surface area contributed by atoms with E-state index in [1.54, 1.807) is 25.3 Å². The van der Waals surface area contributed by atoms with Gasteiger partial charge in [0.1, 0.15) is 5.75 Å². The molecule has 1 aromatic carbocycles. The highest BCUT2D eigenvalue weighted by atomic mass is 16.5. The van der Waals surface area contributed by atoms with Crippen LogP contribution in [0.5, 0.6) is 17.2 Å². The minimum absolute atomic E-state index is 0.00350. The van der Waals surface area contributed by atoms with Gasteiger partial charge < -0.3 is 19.6 Å². The molecule has 0 fully saturated rings. The van der Waals surface area contributed by atoms with Crippen molar-refractivity contribution in [2.45, 2.75) is 45.4 Å². The Bertz CT molecular complexity index is 693. The Kier molecular flexibility index (Phi) is 6.32. The van der Waals surface area contributed by atoms with Crippen molar-refractivity contribution in [2.24, 2.45) is 0 Å². The number of H-pyrrole nitrogens is 1. The first-order valence-corrected chi connectivity index (χ1v) is 8.23. The van der Waals surface area contributed by atoms with Crippen molar-refractivity contribution in [1.82, 2.24) is 4.98 Å². The second kappa shape index (κ2) is 8.46. The molecule has 1 aromatic heterocycles. The Labute approximate surface area is 136 Å². The highest BCUT2D eigenvalue weighted by molar-refractivity contribution is 5.87. The first kappa shape index (κ1) is 17.2. The molecule has 0 bridgehead atoms. The van der Waals surface area contributed by atoms with Gasteiger partial charge in [-0.3, -0.25) is 4.79 Å². The third kappa shape index (κ3) is 4.41. The fourth-order valence-electron chi connectivity index (χ4n) is 2.56. The average molecular weight is 319 g/mol. The van der Waals surface area contributed by atoms with Crippen LogP contribution in [0, 0.1) is 0 Å². The fraction of sp³-hybridized carbons (Fsp3) is 0.500. The van der Waals surface area contributed by atoms with Gasteiger partial charge in [-0.1, -0.05) is 39.0 Å². The van der Waals surface area contributed by atoms with Crippen molar-refractivity contribution >= 4 is 10.9 Å². The third-order valence-electron chi connectivity index (χ3n) is 3.90. The first-order valence-electron chi connectivity index (χ1n) is 8.23. The number of aromatic hydroxyl groups is 1. The lowest BCUT2D eigenvalue weighted by Crippen LogP contribution is -2.12. The van der Waals surface area contributed by atoms with Crippen LogP contribution in [0.15, 0.2) is 23.0 Å². The molecule has 0 saturated heterocycles. The Morgan fingerprint density at radius 1 is 1.13 bits per heavy atom. The van der Waals surface area contributed by atoms with E-state index in [0.717, 1.165) is 12.8 Å². The zero-order chi connectivity index (χ0) is 16.7. The Balaban J connectivity index is 2.02. The molecular weight excluding hydrogens is 294 g/mol. The molecule has 2 aromatic rings. The van der Waals surface area contributed by atoms with Crippen LogP contribution in [-0.2, 0) is 0 Å². The van der Waals surface area contributed by atoms with Crippen molar-refractivity contribution < 1.29 is 14.6 Å². The molecule has 5 nitrogen and oxygen atoms in total. The molecule has 2 rings (SSSR count). The average Bonchev–Trinajstić information content (AvgIpc) is 2.56. The second-order valence-corrected chi connectivity index (χ2v) is 5.66. The molecule has 1 heterocycles. The molecule has 0 amide bonds. The van der Waals surface area contributed by atoms with Crippen LogP contribution < -0.4 is 15.0 Å². The van der Waals surface area contributed by atoms with Crippen LogP contribution in [0.1, 0.15) is 45.4 Å². The van der Waals surface area contributed by atoms with Crippen molar-refractivity contribution in [1.29, 1.82) is 0 Å². The summed E-state index contributed by atoms with van der Waals surface area (Å²) >= 11 is 0. The summed E-state index contributed by atoms with van der Waals surface area (Å²) in [4.78, 5) is 14.8. The lowest BCUT2D eigenvalue weighted by atomic mass is 10.1. The van der Waals surface area contributed by atoms with E-state index in [0.29, 0.717) is 23.3 Å². The van der Waals surface area contributed by atoms with E-state index in [2.05, 4.69) is 11.9 Å². The first-order chi connectivity index (χ1) is 11.2. The molecule has 0 radical (unpaired) electrons. The van der Waals surface area contributed by atoms with E-state index in [9.17, 15) is 9.90 Å². The number of pyridine rings is 1. The minimum Gasteiger partial charge on any atom is -0.504 e. The molecule has 0 aliphatic heterocycles. The smallest absolute Gasteiger partial charge is 0.294 e. The number of nitrogens with one attached hydrogen (secondary N) is 1. The molecule has 126 valence electrons. The molecule has 0 aliphatic rings. The maximum absolute atomic E-state index is 12.1. The van der Waals surface area contributed by atoms with Gasteiger partial charge in [0, 0.05) is 11.5 Å². The van der Waals surface area contributed by atoms with E-state index in [1.165, 1.54) is 25.7 Å². The Hall–Kier alpha value is -2.17. The maximum atomic E-state index is 12.1. The van der Waals surface area contributed by atoms with Gasteiger partial charge in [0.2, 0.25) is 5.75 Å². The molecule has 0 spiro atoms. The monoisotopic (exact) mass is 319 g/mol. The molecule has 2 N–H and O–H groups in total. The lowest BCUT2D eigenvalue weighted by molar-refractivity contribution is 0.286. The highest BCUT2D eigenvalue weighted by Gasteiger charge is 2.13. The van der Waals surface area contributed by atoms with Gasteiger partial charge in [-0.25, -0.2) is 0 Å². The van der Waals surface area contributed by atoms with Gasteiger partial charge in [0.25, 0.3) is 5.56 Å². The van der Waals surface area contributed by atoms with Gasteiger partial charge in [-0.15, -0.1) is 0 Å². The Morgan fingerprint density at radius 2 is 1.87 bits per heavy atom. The number of unbranched alkanes of at least 4 members (excludes halogenated alkanes) is 5. The number of hydrogen-bond acceptors (Lipinski definition) is 4. The number of aromatic nitrogens is 1. The summed E-state index contributed by atoms with van der Waals surface area (Å²) in [5.74, 6) is 0.502. The van der Waals surface area contributed by atoms with Gasteiger partial charge in [0.05, 0.1) is 19.2 Å². The van der Waals surface area contributed by atoms with Crippen molar-refractivity contribution in [3.63, 3.8) is 0 Å². The summed E-state index contributed by atoms with van der Waals surface area (Å²) < 4.78 is 10.6. The quantitative estimate of drug-likeness (QED) is 0.686. The SMILES string of the molecule is CCCCCCCCOc1c(O)c2ccc(OC)cc2[nH]c1=O. The number of rotatable bonds is 9. The van der Waals surface area contributed by atoms with Gasteiger partial charge in [-0.05, 0) is 18.6 Å².